The van der Waals surface area contributed by atoms with Gasteiger partial charge in [-0.3, -0.25) is 9.59 Å². The minimum atomic E-state index is -0.847. The monoisotopic (exact) mass is 395 g/mol. The van der Waals surface area contributed by atoms with E-state index in [0.29, 0.717) is 25.8 Å². The van der Waals surface area contributed by atoms with Gasteiger partial charge in [0.25, 0.3) is 0 Å². The predicted octanol–water partition coefficient (Wildman–Crippen LogP) is 2.00. The SMILES string of the molecule is NC(=O)C1CCCN1C(=O)[C@H](Cc1ccccc1)NC(=O)OCc1ccccc1. The van der Waals surface area contributed by atoms with Gasteiger partial charge in [0.1, 0.15) is 18.7 Å². The third-order valence-corrected chi connectivity index (χ3v) is 4.95. The van der Waals surface area contributed by atoms with Crippen LogP contribution in [0.25, 0.3) is 0 Å². The fraction of sp³-hybridized carbons (Fsp3) is 0.318. The van der Waals surface area contributed by atoms with Crippen LogP contribution in [0.3, 0.4) is 0 Å². The molecule has 7 nitrogen and oxygen atoms in total. The van der Waals surface area contributed by atoms with Gasteiger partial charge in [-0.1, -0.05) is 60.7 Å². The molecule has 0 spiro atoms. The van der Waals surface area contributed by atoms with Crippen molar-refractivity contribution in [2.45, 2.75) is 38.0 Å². The fourth-order valence-electron chi connectivity index (χ4n) is 3.48. The van der Waals surface area contributed by atoms with E-state index in [9.17, 15) is 14.4 Å². The first-order chi connectivity index (χ1) is 14.0. The maximum atomic E-state index is 13.1. The Balaban J connectivity index is 1.69. The van der Waals surface area contributed by atoms with Gasteiger partial charge in [-0.05, 0) is 24.0 Å². The lowest BCUT2D eigenvalue weighted by Crippen LogP contribution is -2.53. The van der Waals surface area contributed by atoms with Crippen molar-refractivity contribution in [3.05, 3.63) is 71.8 Å². The maximum Gasteiger partial charge on any atom is 0.408 e. The molecule has 3 amide bonds. The lowest BCUT2D eigenvalue weighted by molar-refractivity contribution is -0.138. The summed E-state index contributed by atoms with van der Waals surface area (Å²) in [7, 11) is 0. The van der Waals surface area contributed by atoms with Gasteiger partial charge in [-0.15, -0.1) is 0 Å². The minimum Gasteiger partial charge on any atom is -0.445 e. The molecule has 2 aromatic rings. The van der Waals surface area contributed by atoms with Crippen LogP contribution in [-0.4, -0.2) is 41.4 Å². The van der Waals surface area contributed by atoms with Crippen molar-refractivity contribution in [2.24, 2.45) is 5.73 Å². The van der Waals surface area contributed by atoms with E-state index in [1.807, 2.05) is 60.7 Å². The molecule has 0 aliphatic carbocycles. The number of rotatable bonds is 7. The summed E-state index contributed by atoms with van der Waals surface area (Å²) >= 11 is 0. The van der Waals surface area contributed by atoms with Crippen LogP contribution in [0.2, 0.25) is 0 Å². The Labute approximate surface area is 169 Å². The van der Waals surface area contributed by atoms with E-state index in [4.69, 9.17) is 10.5 Å². The number of alkyl carbamates (subject to hydrolysis) is 1. The first-order valence-electron chi connectivity index (χ1n) is 9.65. The van der Waals surface area contributed by atoms with Crippen LogP contribution in [-0.2, 0) is 27.4 Å². The molecular formula is C22H25N3O4. The molecular weight excluding hydrogens is 370 g/mol. The smallest absolute Gasteiger partial charge is 0.408 e. The molecule has 0 aromatic heterocycles. The molecule has 0 radical (unpaired) electrons. The second-order valence-corrected chi connectivity index (χ2v) is 7.04. The topological polar surface area (TPSA) is 102 Å². The molecule has 1 unspecified atom stereocenters. The van der Waals surface area contributed by atoms with Gasteiger partial charge in [0.15, 0.2) is 0 Å². The van der Waals surface area contributed by atoms with Crippen molar-refractivity contribution in [2.75, 3.05) is 6.54 Å². The van der Waals surface area contributed by atoms with E-state index in [-0.39, 0.29) is 12.5 Å². The number of hydrogen-bond donors (Lipinski definition) is 2. The van der Waals surface area contributed by atoms with Gasteiger partial charge in [-0.2, -0.15) is 0 Å². The normalized spacial score (nSPS) is 16.8. The molecule has 7 heteroatoms. The standard InChI is InChI=1S/C22H25N3O4/c23-20(26)19-12-7-13-25(19)21(27)18(14-16-8-3-1-4-9-16)24-22(28)29-15-17-10-5-2-6-11-17/h1-6,8-11,18-19H,7,12-15H2,(H2,23,26)(H,24,28)/t18-,19?/m0/s1. The number of carbonyl (C=O) groups is 3. The zero-order valence-electron chi connectivity index (χ0n) is 16.1. The quantitative estimate of drug-likeness (QED) is 0.749. The fourth-order valence-corrected chi connectivity index (χ4v) is 3.48. The zero-order valence-corrected chi connectivity index (χ0v) is 16.1. The highest BCUT2D eigenvalue weighted by molar-refractivity contribution is 5.91. The Kier molecular flexibility index (Phi) is 6.84. The van der Waals surface area contributed by atoms with E-state index in [1.54, 1.807) is 0 Å². The third kappa shape index (κ3) is 5.57. The van der Waals surface area contributed by atoms with Gasteiger partial charge >= 0.3 is 6.09 Å². The largest absolute Gasteiger partial charge is 0.445 e. The molecule has 2 atom stereocenters. The van der Waals surface area contributed by atoms with Crippen molar-refractivity contribution in [1.82, 2.24) is 10.2 Å². The number of benzene rings is 2. The lowest BCUT2D eigenvalue weighted by Gasteiger charge is -2.27. The number of primary amides is 1. The summed E-state index contributed by atoms with van der Waals surface area (Å²) in [5.74, 6) is -0.854. The number of ether oxygens (including phenoxy) is 1. The van der Waals surface area contributed by atoms with Crippen LogP contribution in [0.4, 0.5) is 4.79 Å². The summed E-state index contributed by atoms with van der Waals surface area (Å²) in [6.45, 7) is 0.547. The Morgan fingerprint density at radius 1 is 1.03 bits per heavy atom. The average molecular weight is 395 g/mol. The van der Waals surface area contributed by atoms with Crippen LogP contribution >= 0.6 is 0 Å². The number of nitrogens with two attached hydrogens (primary N) is 1. The van der Waals surface area contributed by atoms with Crippen molar-refractivity contribution in [3.63, 3.8) is 0 Å². The average Bonchev–Trinajstić information content (AvgIpc) is 3.23. The van der Waals surface area contributed by atoms with Crippen LogP contribution in [0.15, 0.2) is 60.7 Å². The molecule has 1 saturated heterocycles. The lowest BCUT2D eigenvalue weighted by atomic mass is 10.0. The van der Waals surface area contributed by atoms with Crippen molar-refractivity contribution in [3.8, 4) is 0 Å². The van der Waals surface area contributed by atoms with E-state index < -0.39 is 24.1 Å². The second kappa shape index (κ2) is 9.73. The van der Waals surface area contributed by atoms with Crippen molar-refractivity contribution in [1.29, 1.82) is 0 Å². The molecule has 3 rings (SSSR count). The predicted molar refractivity (Wildman–Crippen MR) is 108 cm³/mol. The molecule has 0 saturated carbocycles. The van der Waals surface area contributed by atoms with E-state index >= 15 is 0 Å². The highest BCUT2D eigenvalue weighted by atomic mass is 16.5. The van der Waals surface area contributed by atoms with Gasteiger partial charge in [0, 0.05) is 13.0 Å². The Bertz CT molecular complexity index is 842. The third-order valence-electron chi connectivity index (χ3n) is 4.95. The summed E-state index contributed by atoms with van der Waals surface area (Å²) in [6, 6.07) is 17.2. The first-order valence-corrected chi connectivity index (χ1v) is 9.65. The van der Waals surface area contributed by atoms with Gasteiger partial charge < -0.3 is 20.7 Å². The number of nitrogens with one attached hydrogen (secondary N) is 1. The number of likely N-dealkylation sites (tertiary alicyclic amines) is 1. The second-order valence-electron chi connectivity index (χ2n) is 7.04. The van der Waals surface area contributed by atoms with Crippen molar-refractivity contribution >= 4 is 17.9 Å². The molecule has 29 heavy (non-hydrogen) atoms. The van der Waals surface area contributed by atoms with E-state index in [1.165, 1.54) is 4.90 Å². The highest BCUT2D eigenvalue weighted by Crippen LogP contribution is 2.19. The summed E-state index contributed by atoms with van der Waals surface area (Å²) in [5.41, 5.74) is 7.19. The highest BCUT2D eigenvalue weighted by Gasteiger charge is 2.36. The summed E-state index contributed by atoms with van der Waals surface area (Å²) in [6.07, 6.45) is 0.855. The number of hydrogen-bond acceptors (Lipinski definition) is 4. The van der Waals surface area contributed by atoms with E-state index in [0.717, 1.165) is 11.1 Å². The van der Waals surface area contributed by atoms with Gasteiger partial charge in [0.05, 0.1) is 0 Å². The molecule has 1 aliphatic rings. The van der Waals surface area contributed by atoms with Gasteiger partial charge in [0.2, 0.25) is 11.8 Å². The van der Waals surface area contributed by atoms with Crippen LogP contribution in [0, 0.1) is 0 Å². The summed E-state index contributed by atoms with van der Waals surface area (Å²) in [5, 5.41) is 2.67. The number of amides is 3. The molecule has 1 heterocycles. The van der Waals surface area contributed by atoms with Crippen LogP contribution < -0.4 is 11.1 Å². The molecule has 152 valence electrons. The van der Waals surface area contributed by atoms with Crippen molar-refractivity contribution < 1.29 is 19.1 Å². The first kappa shape index (κ1) is 20.4. The van der Waals surface area contributed by atoms with Crippen LogP contribution in [0.5, 0.6) is 0 Å². The van der Waals surface area contributed by atoms with E-state index in [2.05, 4.69) is 5.32 Å². The summed E-state index contributed by atoms with van der Waals surface area (Å²) < 4.78 is 5.27. The molecule has 2 aromatic carbocycles. The number of nitrogens with zero attached hydrogens (tertiary/aromatic N) is 1. The van der Waals surface area contributed by atoms with Crippen LogP contribution in [0.1, 0.15) is 24.0 Å². The Morgan fingerprint density at radius 2 is 1.66 bits per heavy atom. The molecule has 3 N–H and O–H groups in total. The Morgan fingerprint density at radius 3 is 2.28 bits per heavy atom. The molecule has 0 bridgehead atoms. The summed E-state index contributed by atoms with van der Waals surface area (Å²) in [4.78, 5) is 38.6. The maximum absolute atomic E-state index is 13.1. The van der Waals surface area contributed by atoms with Gasteiger partial charge in [-0.25, -0.2) is 4.79 Å². The molecule has 1 fully saturated rings. The number of carbonyl (C=O) groups excluding carboxylic acids is 3. The zero-order chi connectivity index (χ0) is 20.6. The Hall–Kier alpha value is -3.35. The minimum absolute atomic E-state index is 0.104. The molecule has 1 aliphatic heterocycles.